The van der Waals surface area contributed by atoms with Crippen molar-refractivity contribution in [3.05, 3.63) is 72.1 Å². The number of hydrogen-bond acceptors (Lipinski definition) is 8. The van der Waals surface area contributed by atoms with Crippen molar-refractivity contribution < 1.29 is 28.6 Å². The van der Waals surface area contributed by atoms with Gasteiger partial charge in [-0.1, -0.05) is 96.1 Å². The van der Waals surface area contributed by atoms with Crippen LogP contribution in [-0.4, -0.2) is 47.3 Å². The normalized spacial score (nSPS) is 15.2. The van der Waals surface area contributed by atoms with Crippen molar-refractivity contribution in [3.63, 3.8) is 0 Å². The highest BCUT2D eigenvalue weighted by atomic mass is 32.2. The first-order valence-corrected chi connectivity index (χ1v) is 18.0. The zero-order valence-corrected chi connectivity index (χ0v) is 30.8. The molecule has 0 aliphatic rings. The third-order valence-corrected chi connectivity index (χ3v) is 10.0. The Morgan fingerprint density at radius 3 is 2.17 bits per heavy atom. The summed E-state index contributed by atoms with van der Waals surface area (Å²) in [6.45, 7) is 22.9. The van der Waals surface area contributed by atoms with Gasteiger partial charge in [0, 0.05) is 18.9 Å². The number of unbranched alkanes of at least 4 members (excludes halogenated alkanes) is 9. The fourth-order valence-electron chi connectivity index (χ4n) is 5.51. The Labute approximate surface area is 293 Å². The van der Waals surface area contributed by atoms with Crippen LogP contribution in [0, 0.1) is 12.0 Å². The number of benzene rings is 1. The van der Waals surface area contributed by atoms with Gasteiger partial charge < -0.3 is 19.1 Å². The third-order valence-electron chi connectivity index (χ3n) is 8.08. The molecule has 0 spiro atoms. The Morgan fingerprint density at radius 1 is 1.02 bits per heavy atom. The molecular formula is C38H55NO6S2. The Morgan fingerprint density at radius 2 is 1.64 bits per heavy atom. The van der Waals surface area contributed by atoms with E-state index in [1.165, 1.54) is 82.0 Å². The van der Waals surface area contributed by atoms with Crippen LogP contribution in [0.25, 0.3) is 4.85 Å². The number of ether oxygens (including phenoxy) is 3. The van der Waals surface area contributed by atoms with Gasteiger partial charge in [-0.25, -0.2) is 6.57 Å². The maximum atomic E-state index is 14.0. The number of carbonyl (C=O) groups is 3. The van der Waals surface area contributed by atoms with Gasteiger partial charge in [0.2, 0.25) is 6.04 Å². The summed E-state index contributed by atoms with van der Waals surface area (Å²) in [6, 6.07) is 3.97. The Balaban J connectivity index is 3.21. The number of thiol groups is 1. The van der Waals surface area contributed by atoms with Crippen molar-refractivity contribution in [2.24, 2.45) is 5.41 Å². The summed E-state index contributed by atoms with van der Waals surface area (Å²) in [6.07, 6.45) is 17.6. The van der Waals surface area contributed by atoms with Crippen molar-refractivity contribution >= 4 is 42.6 Å². The fourth-order valence-corrected chi connectivity index (χ4v) is 7.76. The van der Waals surface area contributed by atoms with E-state index in [2.05, 4.69) is 24.9 Å². The van der Waals surface area contributed by atoms with E-state index in [-0.39, 0.29) is 30.9 Å². The van der Waals surface area contributed by atoms with Crippen LogP contribution in [0.5, 0.6) is 11.5 Å². The lowest BCUT2D eigenvalue weighted by Gasteiger charge is -2.37. The number of esters is 2. The summed E-state index contributed by atoms with van der Waals surface area (Å²) in [5.41, 5.74) is -0.160. The summed E-state index contributed by atoms with van der Waals surface area (Å²) in [5, 5.41) is 0. The minimum Gasteiger partial charge on any atom is -0.493 e. The van der Waals surface area contributed by atoms with Crippen molar-refractivity contribution in [2.75, 3.05) is 13.7 Å². The van der Waals surface area contributed by atoms with E-state index in [0.717, 1.165) is 24.8 Å². The molecule has 4 atom stereocenters. The van der Waals surface area contributed by atoms with E-state index in [9.17, 15) is 14.4 Å². The van der Waals surface area contributed by atoms with Gasteiger partial charge in [0.05, 0.1) is 23.7 Å². The number of thioether (sulfide) groups is 1. The van der Waals surface area contributed by atoms with Gasteiger partial charge in [-0.2, -0.15) is 12.6 Å². The Kier molecular flexibility index (Phi) is 20.2. The number of methoxy groups -OCH3 is 1. The second kappa shape index (κ2) is 22.6. The Bertz CT molecular complexity index is 1240. The van der Waals surface area contributed by atoms with E-state index < -0.39 is 32.7 Å². The number of nitrogens with zero attached hydrogens (tertiary/aromatic N) is 1. The highest BCUT2D eigenvalue weighted by Crippen LogP contribution is 2.46. The molecule has 0 aromatic heterocycles. The fraction of sp³-hybridized carbons (Fsp3) is 0.579. The van der Waals surface area contributed by atoms with Gasteiger partial charge >= 0.3 is 11.9 Å². The molecule has 1 rings (SSSR count). The maximum Gasteiger partial charge on any atom is 0.322 e. The number of carbonyl (C=O) groups excluding carboxylic acids is 3. The minimum absolute atomic E-state index is 0.0184. The molecule has 0 fully saturated rings. The highest BCUT2D eigenvalue weighted by molar-refractivity contribution is 8.12. The van der Waals surface area contributed by atoms with Crippen LogP contribution in [0.3, 0.4) is 0 Å². The Hall–Kier alpha value is -2.96. The van der Waals surface area contributed by atoms with Gasteiger partial charge in [-0.05, 0) is 50.5 Å². The molecule has 0 bridgehead atoms. The van der Waals surface area contributed by atoms with Gasteiger partial charge in [0.15, 0.2) is 11.5 Å². The minimum atomic E-state index is -1.28. The van der Waals surface area contributed by atoms with Crippen LogP contribution >= 0.6 is 24.4 Å². The van der Waals surface area contributed by atoms with E-state index in [1.807, 2.05) is 0 Å². The molecule has 0 saturated carbocycles. The molecule has 0 saturated heterocycles. The zero-order chi connectivity index (χ0) is 35.3. The zero-order valence-electron chi connectivity index (χ0n) is 29.1. The van der Waals surface area contributed by atoms with Crippen LogP contribution in [0.4, 0.5) is 0 Å². The van der Waals surface area contributed by atoms with Crippen LogP contribution < -0.4 is 9.47 Å². The molecule has 0 radical (unpaired) electrons. The van der Waals surface area contributed by atoms with Crippen LogP contribution in [0.1, 0.15) is 115 Å². The summed E-state index contributed by atoms with van der Waals surface area (Å²) in [5.74, 6) is -0.725. The summed E-state index contributed by atoms with van der Waals surface area (Å²) >= 11 is 6.05. The standard InChI is InChI=1S/C38H55NO6S2/c1-9-12-13-14-15-16-17-18-19-20-24-44-36(42)38(6,47-34(46)31(11-3)21-10-2)28-37(5,26-29(4)39-7)35(41)45-32-23-22-30(27-40)25-33(32)43-8/h10-11,21-23,25,27,29,34,46H,2-3,9,12-20,24,26,28H2,1,4-6,8H3/b31-21+. The third kappa shape index (κ3) is 14.8. The van der Waals surface area contributed by atoms with Crippen LogP contribution in [0.15, 0.2) is 55.2 Å². The van der Waals surface area contributed by atoms with Crippen LogP contribution in [-0.2, 0) is 14.3 Å². The van der Waals surface area contributed by atoms with Crippen LogP contribution in [0.2, 0.25) is 0 Å². The van der Waals surface area contributed by atoms with Crippen molar-refractivity contribution in [3.8, 4) is 11.5 Å². The molecule has 9 heteroatoms. The molecule has 0 amide bonds. The van der Waals surface area contributed by atoms with E-state index in [4.69, 9.17) is 33.4 Å². The molecule has 0 aliphatic heterocycles. The van der Waals surface area contributed by atoms with Gasteiger partial charge in [-0.15, -0.1) is 11.8 Å². The molecule has 1 aromatic carbocycles. The van der Waals surface area contributed by atoms with Gasteiger partial charge in [0.25, 0.3) is 0 Å². The average Bonchev–Trinajstić information content (AvgIpc) is 3.05. The van der Waals surface area contributed by atoms with Crippen molar-refractivity contribution in [2.45, 2.75) is 120 Å². The summed E-state index contributed by atoms with van der Waals surface area (Å²) in [7, 11) is 1.42. The smallest absolute Gasteiger partial charge is 0.322 e. The lowest BCUT2D eigenvalue weighted by Crippen LogP contribution is -2.45. The molecule has 0 heterocycles. The first-order valence-electron chi connectivity index (χ1n) is 16.6. The summed E-state index contributed by atoms with van der Waals surface area (Å²) < 4.78 is 15.4. The first-order chi connectivity index (χ1) is 22.4. The average molecular weight is 686 g/mol. The van der Waals surface area contributed by atoms with Gasteiger partial charge in [-0.3, -0.25) is 14.4 Å². The van der Waals surface area contributed by atoms with E-state index in [1.54, 1.807) is 39.0 Å². The lowest BCUT2D eigenvalue weighted by atomic mass is 9.76. The van der Waals surface area contributed by atoms with E-state index >= 15 is 0 Å². The molecule has 260 valence electrons. The van der Waals surface area contributed by atoms with Crippen molar-refractivity contribution in [1.82, 2.24) is 0 Å². The van der Waals surface area contributed by atoms with Gasteiger partial charge in [0.1, 0.15) is 11.0 Å². The number of aldehydes is 1. The van der Waals surface area contributed by atoms with E-state index in [0.29, 0.717) is 11.8 Å². The second-order valence-electron chi connectivity index (χ2n) is 12.5. The maximum absolute atomic E-state index is 14.0. The molecule has 47 heavy (non-hydrogen) atoms. The molecule has 4 unspecified atom stereocenters. The monoisotopic (exact) mass is 685 g/mol. The lowest BCUT2D eigenvalue weighted by molar-refractivity contribution is -0.151. The number of rotatable bonds is 25. The second-order valence-corrected chi connectivity index (χ2v) is 14.9. The number of hydrogen-bond donors (Lipinski definition) is 1. The predicted molar refractivity (Wildman–Crippen MR) is 197 cm³/mol. The highest BCUT2D eigenvalue weighted by Gasteiger charge is 2.49. The summed E-state index contributed by atoms with van der Waals surface area (Å²) in [4.78, 5) is 42.8. The largest absolute Gasteiger partial charge is 0.493 e. The number of allylic oxidation sites excluding steroid dienone is 3. The molecule has 7 nitrogen and oxygen atoms in total. The molecule has 0 N–H and O–H groups in total. The molecule has 1 aromatic rings. The first kappa shape index (κ1) is 42.1. The quantitative estimate of drug-likeness (QED) is 0.0160. The molecular weight excluding hydrogens is 631 g/mol. The van der Waals surface area contributed by atoms with Crippen molar-refractivity contribution in [1.29, 1.82) is 0 Å². The molecule has 0 aliphatic carbocycles. The SMILES string of the molecule is [C-]#[N+]C(C)CC(C)(CC(C)(SC(S)/C(C=C)=C/C=C)C(=O)OCCCCCCCCCCCC)C(=O)Oc1ccc(C=O)cc1OC. The predicted octanol–water partition coefficient (Wildman–Crippen LogP) is 10.0. The topological polar surface area (TPSA) is 83.3 Å².